The molecule has 5 rings (SSSR count). The third-order valence-corrected chi connectivity index (χ3v) is 7.47. The number of benzene rings is 3. The minimum atomic E-state index is -4.51. The summed E-state index contributed by atoms with van der Waals surface area (Å²) in [6.45, 7) is 6.11. The lowest BCUT2D eigenvalue weighted by Crippen LogP contribution is -2.46. The van der Waals surface area contributed by atoms with Gasteiger partial charge in [-0.3, -0.25) is 9.88 Å². The largest absolute Gasteiger partial charge is 0.492 e. The molecule has 5 nitrogen and oxygen atoms in total. The highest BCUT2D eigenvalue weighted by Gasteiger charge is 2.33. The highest BCUT2D eigenvalue weighted by atomic mass is 19.4. The molecule has 1 aliphatic rings. The van der Waals surface area contributed by atoms with E-state index >= 15 is 0 Å². The number of nitrogens with one attached hydrogen (secondary N) is 1. The van der Waals surface area contributed by atoms with E-state index < -0.39 is 17.3 Å². The Hall–Kier alpha value is -3.62. The van der Waals surface area contributed by atoms with Gasteiger partial charge in [-0.15, -0.1) is 0 Å². The number of hydrogen-bond donors (Lipinski definition) is 2. The molecule has 0 saturated carbocycles. The van der Waals surface area contributed by atoms with Crippen molar-refractivity contribution in [3.63, 3.8) is 0 Å². The number of rotatable bonds is 8. The number of fused-ring (bicyclic) bond motifs is 1. The number of piperidine rings is 1. The van der Waals surface area contributed by atoms with Gasteiger partial charge in [-0.2, -0.15) is 13.2 Å². The van der Waals surface area contributed by atoms with Gasteiger partial charge in [0.25, 0.3) is 0 Å². The van der Waals surface area contributed by atoms with Crippen LogP contribution in [0.25, 0.3) is 10.9 Å². The highest BCUT2D eigenvalue weighted by molar-refractivity contribution is 5.93. The Morgan fingerprint density at radius 2 is 1.70 bits per heavy atom. The number of aryl methyl sites for hydroxylation is 2. The van der Waals surface area contributed by atoms with E-state index in [9.17, 15) is 18.3 Å². The second kappa shape index (κ2) is 11.5. The van der Waals surface area contributed by atoms with Crippen molar-refractivity contribution in [2.45, 2.75) is 44.9 Å². The fourth-order valence-corrected chi connectivity index (χ4v) is 5.23. The van der Waals surface area contributed by atoms with Gasteiger partial charge in [0.1, 0.15) is 12.4 Å². The minimum absolute atomic E-state index is 0.153. The summed E-state index contributed by atoms with van der Waals surface area (Å²) >= 11 is 0. The van der Waals surface area contributed by atoms with Gasteiger partial charge in [0.2, 0.25) is 0 Å². The van der Waals surface area contributed by atoms with E-state index in [4.69, 9.17) is 4.74 Å². The fourth-order valence-electron chi connectivity index (χ4n) is 5.23. The zero-order valence-corrected chi connectivity index (χ0v) is 22.8. The molecule has 0 unspecified atom stereocenters. The van der Waals surface area contributed by atoms with Gasteiger partial charge in [0, 0.05) is 54.6 Å². The van der Waals surface area contributed by atoms with Crippen molar-refractivity contribution in [1.82, 2.24) is 9.88 Å². The number of anilines is 2. The number of halogens is 3. The van der Waals surface area contributed by atoms with Gasteiger partial charge in [-0.25, -0.2) is 0 Å². The number of nitrogens with zero attached hydrogens (tertiary/aromatic N) is 2. The molecule has 0 aliphatic carbocycles. The summed E-state index contributed by atoms with van der Waals surface area (Å²) in [4.78, 5) is 6.69. The normalized spacial score (nSPS) is 15.8. The number of alkyl halides is 3. The van der Waals surface area contributed by atoms with Crippen LogP contribution in [-0.2, 0) is 12.6 Å². The molecule has 1 aliphatic heterocycles. The van der Waals surface area contributed by atoms with E-state index in [1.807, 2.05) is 44.2 Å². The van der Waals surface area contributed by atoms with E-state index in [1.165, 1.54) is 5.56 Å². The van der Waals surface area contributed by atoms with Gasteiger partial charge in [0.15, 0.2) is 0 Å². The number of likely N-dealkylation sites (tertiary alicyclic amines) is 1. The Morgan fingerprint density at radius 3 is 2.42 bits per heavy atom. The van der Waals surface area contributed by atoms with Gasteiger partial charge in [-0.05, 0) is 56.5 Å². The Morgan fingerprint density at radius 1 is 0.975 bits per heavy atom. The molecule has 40 heavy (non-hydrogen) atoms. The molecule has 0 spiro atoms. The summed E-state index contributed by atoms with van der Waals surface area (Å²) in [6.07, 6.45) is -2.62. The quantitative estimate of drug-likeness (QED) is 0.246. The van der Waals surface area contributed by atoms with Crippen molar-refractivity contribution in [1.29, 1.82) is 0 Å². The maximum atomic E-state index is 13.7. The first kappa shape index (κ1) is 27.9. The van der Waals surface area contributed by atoms with Crippen LogP contribution < -0.4 is 10.1 Å². The van der Waals surface area contributed by atoms with Crippen LogP contribution in [0.1, 0.15) is 35.2 Å². The molecule has 1 aromatic heterocycles. The molecular formula is C32H34F3N3O2. The lowest BCUT2D eigenvalue weighted by Gasteiger charge is -2.38. The van der Waals surface area contributed by atoms with Crippen LogP contribution in [0.4, 0.5) is 24.5 Å². The fraction of sp³-hybridized carbons (Fsp3) is 0.344. The summed E-state index contributed by atoms with van der Waals surface area (Å²) in [5.74, 6) is 0.153. The lowest BCUT2D eigenvalue weighted by molar-refractivity contribution is -0.137. The Balaban J connectivity index is 1.22. The number of aliphatic hydroxyl groups is 1. The first-order chi connectivity index (χ1) is 19.1. The first-order valence-corrected chi connectivity index (χ1v) is 13.6. The van der Waals surface area contributed by atoms with Crippen molar-refractivity contribution < 1.29 is 23.0 Å². The van der Waals surface area contributed by atoms with Crippen LogP contribution in [0.5, 0.6) is 5.75 Å². The SMILES string of the molecule is Cc1ccc(CC2(O)CCN(CCOc3cc(Nc4cc(C)nc5ccccc45)cc(C(F)(F)F)c3)CC2)cc1. The van der Waals surface area contributed by atoms with Gasteiger partial charge >= 0.3 is 6.18 Å². The van der Waals surface area contributed by atoms with Crippen LogP contribution in [0.3, 0.4) is 0 Å². The van der Waals surface area contributed by atoms with Crippen molar-refractivity contribution in [2.75, 3.05) is 31.6 Å². The molecule has 0 amide bonds. The number of hydrogen-bond acceptors (Lipinski definition) is 5. The van der Waals surface area contributed by atoms with Crippen LogP contribution in [-0.4, -0.2) is 46.8 Å². The Kier molecular flexibility index (Phi) is 8.01. The van der Waals surface area contributed by atoms with Crippen LogP contribution in [0, 0.1) is 13.8 Å². The highest BCUT2D eigenvalue weighted by Crippen LogP contribution is 2.36. The van der Waals surface area contributed by atoms with Gasteiger partial charge in [-0.1, -0.05) is 48.0 Å². The minimum Gasteiger partial charge on any atom is -0.492 e. The summed E-state index contributed by atoms with van der Waals surface area (Å²) in [7, 11) is 0. The number of para-hydroxylation sites is 1. The van der Waals surface area contributed by atoms with E-state index in [-0.39, 0.29) is 12.4 Å². The van der Waals surface area contributed by atoms with Crippen LogP contribution in [0.2, 0.25) is 0 Å². The summed E-state index contributed by atoms with van der Waals surface area (Å²) < 4.78 is 47.1. The maximum Gasteiger partial charge on any atom is 0.416 e. The Bertz CT molecular complexity index is 1460. The molecular weight excluding hydrogens is 515 g/mol. The Labute approximate surface area is 232 Å². The molecule has 0 radical (unpaired) electrons. The van der Waals surface area contributed by atoms with Crippen molar-refractivity contribution >= 4 is 22.3 Å². The lowest BCUT2D eigenvalue weighted by atomic mass is 9.85. The molecule has 8 heteroatoms. The van der Waals surface area contributed by atoms with E-state index in [0.29, 0.717) is 50.3 Å². The topological polar surface area (TPSA) is 57.6 Å². The molecule has 2 N–H and O–H groups in total. The van der Waals surface area contributed by atoms with Gasteiger partial charge in [0.05, 0.1) is 16.7 Å². The van der Waals surface area contributed by atoms with Crippen molar-refractivity contribution in [3.05, 3.63) is 95.2 Å². The summed E-state index contributed by atoms with van der Waals surface area (Å²) in [5.41, 5.74) is 3.28. The monoisotopic (exact) mass is 549 g/mol. The van der Waals surface area contributed by atoms with Crippen molar-refractivity contribution in [2.24, 2.45) is 0 Å². The van der Waals surface area contributed by atoms with E-state index in [2.05, 4.69) is 39.5 Å². The second-order valence-electron chi connectivity index (χ2n) is 10.8. The number of ether oxygens (including phenoxy) is 1. The molecule has 2 heterocycles. The molecule has 1 fully saturated rings. The molecule has 0 bridgehead atoms. The number of pyridine rings is 1. The predicted molar refractivity (Wildman–Crippen MR) is 152 cm³/mol. The standard InChI is InChI=1S/C32H34F3N3O2/c1-22-7-9-24(10-8-22)21-31(39)11-13-38(14-12-31)15-16-40-27-19-25(32(33,34)35)18-26(20-27)37-30-17-23(2)36-29-6-4-3-5-28(29)30/h3-10,17-20,39H,11-16,21H2,1-2H3,(H,36,37). The van der Waals surface area contributed by atoms with E-state index in [0.717, 1.165) is 34.3 Å². The maximum absolute atomic E-state index is 13.7. The number of aromatic nitrogens is 1. The zero-order valence-electron chi connectivity index (χ0n) is 22.8. The predicted octanol–water partition coefficient (Wildman–Crippen LogP) is 7.06. The third kappa shape index (κ3) is 6.92. The summed E-state index contributed by atoms with van der Waals surface area (Å²) in [6, 6.07) is 21.3. The molecule has 210 valence electrons. The molecule has 1 saturated heterocycles. The smallest absolute Gasteiger partial charge is 0.416 e. The average molecular weight is 550 g/mol. The molecule has 3 aromatic carbocycles. The third-order valence-electron chi connectivity index (χ3n) is 7.47. The van der Waals surface area contributed by atoms with Gasteiger partial charge < -0.3 is 15.2 Å². The van der Waals surface area contributed by atoms with Crippen LogP contribution in [0.15, 0.2) is 72.8 Å². The summed E-state index contributed by atoms with van der Waals surface area (Å²) in [5, 5.41) is 15.1. The second-order valence-corrected chi connectivity index (χ2v) is 10.8. The average Bonchev–Trinajstić information content (AvgIpc) is 2.90. The molecule has 0 atom stereocenters. The van der Waals surface area contributed by atoms with Crippen LogP contribution >= 0.6 is 0 Å². The first-order valence-electron chi connectivity index (χ1n) is 13.6. The van der Waals surface area contributed by atoms with E-state index in [1.54, 1.807) is 6.07 Å². The zero-order chi connectivity index (χ0) is 28.3. The molecule has 4 aromatic rings. The van der Waals surface area contributed by atoms with Crippen molar-refractivity contribution in [3.8, 4) is 5.75 Å².